The van der Waals surface area contributed by atoms with Crippen molar-refractivity contribution in [2.75, 3.05) is 32.1 Å². The van der Waals surface area contributed by atoms with Gasteiger partial charge in [0.05, 0.1) is 0 Å². The fraction of sp³-hybridized carbons (Fsp3) is 0.421. The molecule has 1 fully saturated rings. The number of hydrogen-bond donors (Lipinski definition) is 1. The molecule has 4 nitrogen and oxygen atoms in total. The number of piperidine rings is 1. The van der Waals surface area contributed by atoms with E-state index in [-0.39, 0.29) is 12.4 Å². The van der Waals surface area contributed by atoms with Crippen molar-refractivity contribution in [2.24, 2.45) is 0 Å². The summed E-state index contributed by atoms with van der Waals surface area (Å²) in [5.41, 5.74) is 2.44. The minimum Gasteiger partial charge on any atom is -0.329 e. The van der Waals surface area contributed by atoms with Gasteiger partial charge in [0.1, 0.15) is 5.82 Å². The normalized spacial score (nSPS) is 15.8. The van der Waals surface area contributed by atoms with Gasteiger partial charge in [-0.05, 0) is 56.7 Å². The first-order valence-corrected chi connectivity index (χ1v) is 8.39. The molecule has 0 bridgehead atoms. The number of nitrogens with zero attached hydrogens (tertiary/aromatic N) is 3. The van der Waals surface area contributed by atoms with Gasteiger partial charge in [-0.25, -0.2) is 4.98 Å². The molecule has 1 aromatic heterocycles. The van der Waals surface area contributed by atoms with E-state index >= 15 is 0 Å². The van der Waals surface area contributed by atoms with Crippen LogP contribution in [0.3, 0.4) is 0 Å². The summed E-state index contributed by atoms with van der Waals surface area (Å²) in [5.74, 6) is 0.980. The van der Waals surface area contributed by atoms with Crippen molar-refractivity contribution in [3.05, 3.63) is 54.2 Å². The number of rotatable bonds is 5. The second kappa shape index (κ2) is 9.02. The molecule has 0 spiro atoms. The minimum absolute atomic E-state index is 0. The molecule has 0 saturated carbocycles. The van der Waals surface area contributed by atoms with Crippen LogP contribution in [-0.2, 0) is 6.54 Å². The predicted octanol–water partition coefficient (Wildman–Crippen LogP) is 3.46. The van der Waals surface area contributed by atoms with Crippen LogP contribution >= 0.6 is 12.4 Å². The maximum atomic E-state index is 4.64. The quantitative estimate of drug-likeness (QED) is 0.898. The van der Waals surface area contributed by atoms with Crippen LogP contribution in [0.25, 0.3) is 0 Å². The number of nitrogens with one attached hydrogen (secondary N) is 1. The monoisotopic (exact) mass is 346 g/mol. The van der Waals surface area contributed by atoms with E-state index in [1.807, 2.05) is 12.3 Å². The van der Waals surface area contributed by atoms with Crippen LogP contribution in [-0.4, -0.2) is 43.1 Å². The first-order chi connectivity index (χ1) is 11.3. The van der Waals surface area contributed by atoms with Crippen LogP contribution in [0, 0.1) is 0 Å². The van der Waals surface area contributed by atoms with E-state index < -0.39 is 0 Å². The second-order valence-electron chi connectivity index (χ2n) is 6.26. The molecular weight excluding hydrogens is 320 g/mol. The van der Waals surface area contributed by atoms with E-state index in [0.717, 1.165) is 31.1 Å². The van der Waals surface area contributed by atoms with Gasteiger partial charge in [0.2, 0.25) is 0 Å². The number of hydrogen-bond acceptors (Lipinski definition) is 4. The fourth-order valence-electron chi connectivity index (χ4n) is 3.13. The first-order valence-electron chi connectivity index (χ1n) is 8.39. The van der Waals surface area contributed by atoms with E-state index in [0.29, 0.717) is 6.04 Å². The van der Waals surface area contributed by atoms with Crippen LogP contribution in [0.2, 0.25) is 0 Å². The van der Waals surface area contributed by atoms with Gasteiger partial charge in [0, 0.05) is 31.5 Å². The summed E-state index contributed by atoms with van der Waals surface area (Å²) in [7, 11) is 4.12. The van der Waals surface area contributed by atoms with Crippen molar-refractivity contribution in [3.8, 4) is 0 Å². The van der Waals surface area contributed by atoms with Gasteiger partial charge in [0.25, 0.3) is 0 Å². The molecule has 0 aliphatic carbocycles. The lowest BCUT2D eigenvalue weighted by Gasteiger charge is -2.31. The highest BCUT2D eigenvalue weighted by atomic mass is 35.5. The maximum Gasteiger partial charge on any atom is 0.132 e. The largest absolute Gasteiger partial charge is 0.329 e. The van der Waals surface area contributed by atoms with Gasteiger partial charge >= 0.3 is 0 Å². The van der Waals surface area contributed by atoms with Gasteiger partial charge in [0.15, 0.2) is 0 Å². The molecule has 2 heterocycles. The highest BCUT2D eigenvalue weighted by Gasteiger charge is 2.17. The molecule has 1 saturated heterocycles. The van der Waals surface area contributed by atoms with Gasteiger partial charge in [-0.15, -0.1) is 12.4 Å². The number of anilines is 2. The number of pyridine rings is 1. The van der Waals surface area contributed by atoms with Crippen LogP contribution in [0.4, 0.5) is 11.5 Å². The van der Waals surface area contributed by atoms with Gasteiger partial charge in [-0.1, -0.05) is 24.3 Å². The zero-order chi connectivity index (χ0) is 16.1. The summed E-state index contributed by atoms with van der Waals surface area (Å²) >= 11 is 0. The molecule has 1 aromatic carbocycles. The van der Waals surface area contributed by atoms with Gasteiger partial charge < -0.3 is 10.2 Å². The maximum absolute atomic E-state index is 4.64. The van der Waals surface area contributed by atoms with E-state index in [2.05, 4.69) is 70.6 Å². The van der Waals surface area contributed by atoms with Crippen LogP contribution < -0.4 is 10.2 Å². The third kappa shape index (κ3) is 4.69. The molecule has 130 valence electrons. The fourth-order valence-corrected chi connectivity index (χ4v) is 3.13. The van der Waals surface area contributed by atoms with E-state index in [1.165, 1.54) is 18.4 Å². The van der Waals surface area contributed by atoms with Gasteiger partial charge in [-0.2, -0.15) is 0 Å². The van der Waals surface area contributed by atoms with Crippen molar-refractivity contribution >= 4 is 23.9 Å². The van der Waals surface area contributed by atoms with E-state index in [4.69, 9.17) is 0 Å². The minimum atomic E-state index is 0. The third-order valence-corrected chi connectivity index (χ3v) is 4.70. The topological polar surface area (TPSA) is 31.4 Å². The summed E-state index contributed by atoms with van der Waals surface area (Å²) in [6.07, 6.45) is 4.48. The highest BCUT2D eigenvalue weighted by molar-refractivity contribution is 5.85. The number of likely N-dealkylation sites (tertiary alicyclic amines) is 1. The number of aromatic nitrogens is 1. The molecule has 5 heteroatoms. The van der Waals surface area contributed by atoms with Crippen molar-refractivity contribution in [1.82, 2.24) is 15.2 Å². The Morgan fingerprint density at radius 3 is 2.42 bits per heavy atom. The van der Waals surface area contributed by atoms with Crippen LogP contribution in [0.15, 0.2) is 48.7 Å². The standard InChI is InChI=1S/C19H26N4.ClH/c1-20-17-10-12-23(13-11-17)15-16-8-9-19(21-14-16)22(2)18-6-4-3-5-7-18;/h3-9,14,17,20H,10-13,15H2,1-2H3;1H. The lowest BCUT2D eigenvalue weighted by molar-refractivity contribution is 0.194. The number of halogens is 1. The predicted molar refractivity (Wildman–Crippen MR) is 103 cm³/mol. The molecule has 1 aliphatic rings. The number of para-hydroxylation sites is 1. The molecule has 1 N–H and O–H groups in total. The molecule has 0 unspecified atom stereocenters. The Balaban J connectivity index is 0.00000208. The zero-order valence-electron chi connectivity index (χ0n) is 14.5. The van der Waals surface area contributed by atoms with Crippen LogP contribution in [0.1, 0.15) is 18.4 Å². The SMILES string of the molecule is CNC1CCN(Cc2ccc(N(C)c3ccccc3)nc2)CC1.Cl. The van der Waals surface area contributed by atoms with E-state index in [1.54, 1.807) is 0 Å². The van der Waals surface area contributed by atoms with Crippen molar-refractivity contribution < 1.29 is 0 Å². The lowest BCUT2D eigenvalue weighted by Crippen LogP contribution is -2.40. The molecule has 0 amide bonds. The summed E-state index contributed by atoms with van der Waals surface area (Å²) in [4.78, 5) is 9.27. The molecule has 24 heavy (non-hydrogen) atoms. The molecule has 3 rings (SSSR count). The third-order valence-electron chi connectivity index (χ3n) is 4.70. The highest BCUT2D eigenvalue weighted by Crippen LogP contribution is 2.21. The molecular formula is C19H27ClN4. The Bertz CT molecular complexity index is 595. The average Bonchev–Trinajstić information content (AvgIpc) is 2.63. The molecule has 1 aliphatic heterocycles. The Labute approximate surface area is 151 Å². The Kier molecular flexibility index (Phi) is 7.03. The molecule has 2 aromatic rings. The second-order valence-corrected chi connectivity index (χ2v) is 6.26. The van der Waals surface area contributed by atoms with Gasteiger partial charge in [-0.3, -0.25) is 4.90 Å². The van der Waals surface area contributed by atoms with Crippen molar-refractivity contribution in [1.29, 1.82) is 0 Å². The summed E-state index contributed by atoms with van der Waals surface area (Å²) in [6, 6.07) is 15.3. The van der Waals surface area contributed by atoms with Crippen molar-refractivity contribution in [2.45, 2.75) is 25.4 Å². The van der Waals surface area contributed by atoms with E-state index in [9.17, 15) is 0 Å². The smallest absolute Gasteiger partial charge is 0.132 e. The summed E-state index contributed by atoms with van der Waals surface area (Å²) in [5, 5.41) is 3.38. The molecule has 0 atom stereocenters. The zero-order valence-corrected chi connectivity index (χ0v) is 15.3. The molecule has 0 radical (unpaired) electrons. The average molecular weight is 347 g/mol. The Morgan fingerprint density at radius 2 is 1.83 bits per heavy atom. The number of benzene rings is 1. The first kappa shape index (κ1) is 18.7. The Morgan fingerprint density at radius 1 is 1.12 bits per heavy atom. The Hall–Kier alpha value is -1.62. The van der Waals surface area contributed by atoms with Crippen molar-refractivity contribution in [3.63, 3.8) is 0 Å². The summed E-state index contributed by atoms with van der Waals surface area (Å²) in [6.45, 7) is 3.33. The summed E-state index contributed by atoms with van der Waals surface area (Å²) < 4.78 is 0. The van der Waals surface area contributed by atoms with Crippen LogP contribution in [0.5, 0.6) is 0 Å². The lowest BCUT2D eigenvalue weighted by atomic mass is 10.0.